The molecular formula is C21H24N6O. The Morgan fingerprint density at radius 3 is 2.79 bits per heavy atom. The summed E-state index contributed by atoms with van der Waals surface area (Å²) in [4.78, 5) is 9.37. The number of nitrogens with zero attached hydrogens (tertiary/aromatic N) is 2. The third kappa shape index (κ3) is 3.70. The molecule has 2 aromatic rings. The number of guanidine groups is 1. The van der Waals surface area contributed by atoms with Crippen molar-refractivity contribution in [2.24, 2.45) is 9.98 Å². The van der Waals surface area contributed by atoms with Crippen molar-refractivity contribution in [1.82, 2.24) is 16.2 Å². The third-order valence-corrected chi connectivity index (χ3v) is 4.57. The third-order valence-electron chi connectivity index (χ3n) is 4.57. The molecular weight excluding hydrogens is 352 g/mol. The molecule has 0 bridgehead atoms. The molecule has 2 aliphatic rings. The zero-order valence-corrected chi connectivity index (χ0v) is 15.8. The Morgan fingerprint density at radius 2 is 2.00 bits per heavy atom. The summed E-state index contributed by atoms with van der Waals surface area (Å²) >= 11 is 0. The lowest BCUT2D eigenvalue weighted by molar-refractivity contribution is 0.363. The predicted molar refractivity (Wildman–Crippen MR) is 112 cm³/mol. The number of fused-ring (bicyclic) bond motifs is 3. The number of benzene rings is 2. The van der Waals surface area contributed by atoms with Gasteiger partial charge in [0.2, 0.25) is 5.96 Å². The summed E-state index contributed by atoms with van der Waals surface area (Å²) in [6.07, 6.45) is 1.50. The number of hydrogen-bond acceptors (Lipinski definition) is 5. The second-order valence-electron chi connectivity index (χ2n) is 6.47. The molecule has 2 heterocycles. The molecule has 0 saturated carbocycles. The van der Waals surface area contributed by atoms with Gasteiger partial charge < -0.3 is 15.4 Å². The maximum atomic E-state index is 5.58. The molecule has 4 rings (SSSR count). The number of nitrogens with one attached hydrogen (secondary N) is 4. The SMILES string of the molecule is C=CCOc1ccc(C2N=C3NC(=NCC)NNC3c3ccccc3N2)cc1. The monoisotopic (exact) mass is 376 g/mol. The summed E-state index contributed by atoms with van der Waals surface area (Å²) in [5, 5.41) is 6.88. The first-order chi connectivity index (χ1) is 13.8. The number of hydrazine groups is 1. The van der Waals surface area contributed by atoms with E-state index in [1.54, 1.807) is 6.08 Å². The van der Waals surface area contributed by atoms with Gasteiger partial charge in [0, 0.05) is 17.8 Å². The first-order valence-electron chi connectivity index (χ1n) is 9.38. The summed E-state index contributed by atoms with van der Waals surface area (Å²) in [5.74, 6) is 2.30. The van der Waals surface area contributed by atoms with Gasteiger partial charge in [-0.3, -0.25) is 10.4 Å². The van der Waals surface area contributed by atoms with Gasteiger partial charge in [0.15, 0.2) is 0 Å². The molecule has 2 aliphatic heterocycles. The quantitative estimate of drug-likeness (QED) is 0.603. The Bertz CT molecular complexity index is 905. The normalized spacial score (nSPS) is 21.8. The van der Waals surface area contributed by atoms with Crippen LogP contribution in [0, 0.1) is 0 Å². The van der Waals surface area contributed by atoms with Gasteiger partial charge in [-0.1, -0.05) is 43.0 Å². The van der Waals surface area contributed by atoms with Crippen molar-refractivity contribution in [2.75, 3.05) is 18.5 Å². The van der Waals surface area contributed by atoms with E-state index in [1.807, 2.05) is 43.3 Å². The van der Waals surface area contributed by atoms with Gasteiger partial charge >= 0.3 is 0 Å². The average Bonchev–Trinajstić information content (AvgIpc) is 2.89. The fourth-order valence-corrected chi connectivity index (χ4v) is 3.26. The maximum Gasteiger partial charge on any atom is 0.211 e. The predicted octanol–water partition coefficient (Wildman–Crippen LogP) is 2.89. The van der Waals surface area contributed by atoms with E-state index in [4.69, 9.17) is 9.73 Å². The van der Waals surface area contributed by atoms with Crippen LogP contribution in [0.25, 0.3) is 0 Å². The van der Waals surface area contributed by atoms with Gasteiger partial charge in [0.25, 0.3) is 0 Å². The summed E-state index contributed by atoms with van der Waals surface area (Å²) in [6, 6.07) is 16.1. The van der Waals surface area contributed by atoms with Crippen LogP contribution in [0.3, 0.4) is 0 Å². The molecule has 4 N–H and O–H groups in total. The molecule has 1 fully saturated rings. The number of ether oxygens (including phenoxy) is 1. The van der Waals surface area contributed by atoms with Crippen LogP contribution in [0.2, 0.25) is 0 Å². The Balaban J connectivity index is 1.68. The fraction of sp³-hybridized carbons (Fsp3) is 0.238. The number of anilines is 1. The van der Waals surface area contributed by atoms with Crippen molar-refractivity contribution >= 4 is 17.5 Å². The number of rotatable bonds is 5. The van der Waals surface area contributed by atoms with Gasteiger partial charge in [-0.2, -0.15) is 0 Å². The average molecular weight is 376 g/mol. The van der Waals surface area contributed by atoms with Crippen LogP contribution >= 0.6 is 0 Å². The van der Waals surface area contributed by atoms with Crippen molar-refractivity contribution in [3.05, 3.63) is 72.3 Å². The van der Waals surface area contributed by atoms with E-state index in [0.717, 1.165) is 28.4 Å². The smallest absolute Gasteiger partial charge is 0.211 e. The number of aliphatic imine (C=N–C) groups is 2. The van der Waals surface area contributed by atoms with Crippen LogP contribution in [0.1, 0.15) is 30.3 Å². The molecule has 0 aliphatic carbocycles. The van der Waals surface area contributed by atoms with Crippen LogP contribution in [0.5, 0.6) is 5.75 Å². The molecule has 0 spiro atoms. The van der Waals surface area contributed by atoms with E-state index in [0.29, 0.717) is 19.1 Å². The van der Waals surface area contributed by atoms with Crippen LogP contribution in [-0.2, 0) is 0 Å². The van der Waals surface area contributed by atoms with Crippen LogP contribution in [0.15, 0.2) is 71.2 Å². The molecule has 0 aromatic heterocycles. The lowest BCUT2D eigenvalue weighted by Crippen LogP contribution is -2.58. The standard InChI is InChI=1S/C21H24N6O/c1-3-13-28-15-11-9-14(10-12-15)19-23-17-8-6-5-7-16(17)18-20(24-19)25-21(22-4-2)27-26-18/h3,5-12,18-19,23,26H,1,4,13H2,2H3,(H2,22,24,25,27). The van der Waals surface area contributed by atoms with Crippen molar-refractivity contribution in [1.29, 1.82) is 0 Å². The van der Waals surface area contributed by atoms with Crippen molar-refractivity contribution < 1.29 is 4.74 Å². The largest absolute Gasteiger partial charge is 0.490 e. The molecule has 0 amide bonds. The minimum absolute atomic E-state index is 0.0975. The first kappa shape index (κ1) is 18.1. The molecule has 7 nitrogen and oxygen atoms in total. The van der Waals surface area contributed by atoms with E-state index >= 15 is 0 Å². The Morgan fingerprint density at radius 1 is 1.18 bits per heavy atom. The van der Waals surface area contributed by atoms with Crippen molar-refractivity contribution in [2.45, 2.75) is 19.1 Å². The molecule has 2 unspecified atom stereocenters. The molecule has 28 heavy (non-hydrogen) atoms. The highest BCUT2D eigenvalue weighted by Gasteiger charge is 2.30. The fourth-order valence-electron chi connectivity index (χ4n) is 3.26. The van der Waals surface area contributed by atoms with E-state index < -0.39 is 0 Å². The van der Waals surface area contributed by atoms with E-state index in [9.17, 15) is 0 Å². The van der Waals surface area contributed by atoms with E-state index in [1.165, 1.54) is 0 Å². The Hall–Kier alpha value is -3.32. The highest BCUT2D eigenvalue weighted by atomic mass is 16.5. The summed E-state index contributed by atoms with van der Waals surface area (Å²) in [6.45, 7) is 6.84. The first-order valence-corrected chi connectivity index (χ1v) is 9.38. The van der Waals surface area contributed by atoms with Gasteiger partial charge in [0.05, 0.1) is 0 Å². The minimum atomic E-state index is -0.232. The van der Waals surface area contributed by atoms with Crippen LogP contribution < -0.4 is 26.2 Å². The second kappa shape index (κ2) is 8.14. The van der Waals surface area contributed by atoms with E-state index in [2.05, 4.69) is 45.2 Å². The molecule has 2 aromatic carbocycles. The van der Waals surface area contributed by atoms with Crippen molar-refractivity contribution in [3.8, 4) is 5.75 Å². The summed E-state index contributed by atoms with van der Waals surface area (Å²) in [7, 11) is 0. The summed E-state index contributed by atoms with van der Waals surface area (Å²) in [5.41, 5.74) is 9.64. The molecule has 1 saturated heterocycles. The molecule has 144 valence electrons. The minimum Gasteiger partial charge on any atom is -0.490 e. The zero-order valence-electron chi connectivity index (χ0n) is 15.8. The molecule has 0 radical (unpaired) electrons. The van der Waals surface area contributed by atoms with Gasteiger partial charge in [0.1, 0.15) is 30.4 Å². The van der Waals surface area contributed by atoms with Crippen LogP contribution in [-0.4, -0.2) is 24.9 Å². The van der Waals surface area contributed by atoms with Crippen molar-refractivity contribution in [3.63, 3.8) is 0 Å². The van der Waals surface area contributed by atoms with E-state index in [-0.39, 0.29) is 12.2 Å². The highest BCUT2D eigenvalue weighted by Crippen LogP contribution is 2.33. The van der Waals surface area contributed by atoms with Gasteiger partial charge in [-0.25, -0.2) is 10.4 Å². The Kier molecular flexibility index (Phi) is 5.25. The van der Waals surface area contributed by atoms with Gasteiger partial charge in [-0.15, -0.1) is 0 Å². The lowest BCUT2D eigenvalue weighted by Gasteiger charge is -2.29. The highest BCUT2D eigenvalue weighted by molar-refractivity contribution is 6.05. The maximum absolute atomic E-state index is 5.58. The van der Waals surface area contributed by atoms with Crippen LogP contribution in [0.4, 0.5) is 5.69 Å². The number of amidine groups is 1. The summed E-state index contributed by atoms with van der Waals surface area (Å²) < 4.78 is 5.58. The number of hydrogen-bond donors (Lipinski definition) is 4. The lowest BCUT2D eigenvalue weighted by atomic mass is 10.0. The topological polar surface area (TPSA) is 82.1 Å². The Labute approximate surface area is 164 Å². The molecule has 7 heteroatoms. The second-order valence-corrected chi connectivity index (χ2v) is 6.47. The molecule has 2 atom stereocenters. The van der Waals surface area contributed by atoms with Gasteiger partial charge in [-0.05, 0) is 30.7 Å². The number of para-hydroxylation sites is 1. The zero-order chi connectivity index (χ0) is 19.3.